The second-order valence-electron chi connectivity index (χ2n) is 6.08. The molecule has 2 aromatic rings. The molecule has 0 saturated carbocycles. The van der Waals surface area contributed by atoms with Gasteiger partial charge in [0.05, 0.1) is 12.7 Å². The molecule has 0 atom stereocenters. The van der Waals surface area contributed by atoms with Crippen molar-refractivity contribution in [3.63, 3.8) is 0 Å². The molecule has 5 nitrogen and oxygen atoms in total. The second kappa shape index (κ2) is 7.38. The van der Waals surface area contributed by atoms with Crippen LogP contribution in [0.3, 0.4) is 0 Å². The first-order valence-corrected chi connectivity index (χ1v) is 8.38. The minimum Gasteiger partial charge on any atom is -0.496 e. The molecule has 25 heavy (non-hydrogen) atoms. The van der Waals surface area contributed by atoms with Crippen molar-refractivity contribution >= 4 is 11.8 Å². The molecule has 0 spiro atoms. The summed E-state index contributed by atoms with van der Waals surface area (Å²) >= 11 is 0. The average molecular weight is 338 g/mol. The SMILES string of the molecule is COc1ccc(-c2ccccc2)cc1C(=O)N1CCN(C(C)=O)CC1. The van der Waals surface area contributed by atoms with Gasteiger partial charge in [0.15, 0.2) is 0 Å². The third-order valence-electron chi connectivity index (χ3n) is 4.55. The maximum absolute atomic E-state index is 13.0. The number of methoxy groups -OCH3 is 1. The van der Waals surface area contributed by atoms with Gasteiger partial charge < -0.3 is 14.5 Å². The van der Waals surface area contributed by atoms with Crippen LogP contribution in [0, 0.1) is 0 Å². The van der Waals surface area contributed by atoms with Gasteiger partial charge in [0.1, 0.15) is 5.75 Å². The molecule has 1 fully saturated rings. The molecule has 1 heterocycles. The fraction of sp³-hybridized carbons (Fsp3) is 0.300. The first kappa shape index (κ1) is 17.0. The van der Waals surface area contributed by atoms with Crippen molar-refractivity contribution in [3.8, 4) is 16.9 Å². The van der Waals surface area contributed by atoms with Gasteiger partial charge in [-0.2, -0.15) is 0 Å². The summed E-state index contributed by atoms with van der Waals surface area (Å²) in [6.45, 7) is 3.78. The van der Waals surface area contributed by atoms with E-state index in [2.05, 4.69) is 0 Å². The van der Waals surface area contributed by atoms with E-state index in [0.717, 1.165) is 11.1 Å². The van der Waals surface area contributed by atoms with Gasteiger partial charge in [0.25, 0.3) is 5.91 Å². The molecular weight excluding hydrogens is 316 g/mol. The minimum atomic E-state index is -0.0576. The van der Waals surface area contributed by atoms with Gasteiger partial charge in [0.2, 0.25) is 5.91 Å². The van der Waals surface area contributed by atoms with E-state index in [0.29, 0.717) is 37.5 Å². The molecule has 1 saturated heterocycles. The largest absolute Gasteiger partial charge is 0.496 e. The predicted molar refractivity (Wildman–Crippen MR) is 96.6 cm³/mol. The summed E-state index contributed by atoms with van der Waals surface area (Å²) in [7, 11) is 1.57. The lowest BCUT2D eigenvalue weighted by molar-refractivity contribution is -0.130. The smallest absolute Gasteiger partial charge is 0.257 e. The van der Waals surface area contributed by atoms with Gasteiger partial charge in [-0.3, -0.25) is 9.59 Å². The number of nitrogens with zero attached hydrogens (tertiary/aromatic N) is 2. The van der Waals surface area contributed by atoms with Crippen molar-refractivity contribution in [1.29, 1.82) is 0 Å². The minimum absolute atomic E-state index is 0.0516. The summed E-state index contributed by atoms with van der Waals surface area (Å²) in [6.07, 6.45) is 0. The predicted octanol–water partition coefficient (Wildman–Crippen LogP) is 2.67. The molecule has 130 valence electrons. The normalized spacial score (nSPS) is 14.3. The number of carbonyl (C=O) groups is 2. The molecule has 1 aliphatic heterocycles. The lowest BCUT2D eigenvalue weighted by atomic mass is 10.0. The average Bonchev–Trinajstić information content (AvgIpc) is 2.67. The van der Waals surface area contributed by atoms with Crippen molar-refractivity contribution in [2.24, 2.45) is 0 Å². The lowest BCUT2D eigenvalue weighted by Gasteiger charge is -2.34. The molecule has 5 heteroatoms. The van der Waals surface area contributed by atoms with E-state index in [1.54, 1.807) is 23.8 Å². The topological polar surface area (TPSA) is 49.9 Å². The Kier molecular flexibility index (Phi) is 5.03. The molecule has 2 amide bonds. The monoisotopic (exact) mass is 338 g/mol. The van der Waals surface area contributed by atoms with Crippen LogP contribution in [0.5, 0.6) is 5.75 Å². The summed E-state index contributed by atoms with van der Waals surface area (Å²) in [6, 6.07) is 15.6. The molecule has 0 N–H and O–H groups in total. The number of carbonyl (C=O) groups excluding carboxylic acids is 2. The Morgan fingerprint density at radius 3 is 2.12 bits per heavy atom. The zero-order valence-electron chi connectivity index (χ0n) is 14.6. The summed E-state index contributed by atoms with van der Waals surface area (Å²) in [5.74, 6) is 0.562. The molecule has 0 radical (unpaired) electrons. The standard InChI is InChI=1S/C20H22N2O3/c1-15(23)21-10-12-22(13-11-21)20(24)18-14-17(8-9-19(18)25-2)16-6-4-3-5-7-16/h3-9,14H,10-13H2,1-2H3. The third kappa shape index (κ3) is 3.65. The Bertz CT molecular complexity index is 766. The molecule has 3 rings (SSSR count). The second-order valence-corrected chi connectivity index (χ2v) is 6.08. The van der Waals surface area contributed by atoms with Crippen LogP contribution in [0.2, 0.25) is 0 Å². The molecule has 0 bridgehead atoms. The van der Waals surface area contributed by atoms with Crippen LogP contribution in [0.4, 0.5) is 0 Å². The summed E-state index contributed by atoms with van der Waals surface area (Å²) in [4.78, 5) is 28.0. The highest BCUT2D eigenvalue weighted by molar-refractivity contribution is 5.98. The van der Waals surface area contributed by atoms with E-state index in [1.807, 2.05) is 48.5 Å². The number of piperazine rings is 1. The number of rotatable bonds is 3. The number of benzene rings is 2. The van der Waals surface area contributed by atoms with Crippen molar-refractivity contribution < 1.29 is 14.3 Å². The van der Waals surface area contributed by atoms with Gasteiger partial charge in [0, 0.05) is 33.1 Å². The molecule has 1 aliphatic rings. The van der Waals surface area contributed by atoms with Crippen LogP contribution in [0.15, 0.2) is 48.5 Å². The van der Waals surface area contributed by atoms with Crippen LogP contribution >= 0.6 is 0 Å². The highest BCUT2D eigenvalue weighted by Gasteiger charge is 2.25. The van der Waals surface area contributed by atoms with Gasteiger partial charge in [-0.1, -0.05) is 36.4 Å². The van der Waals surface area contributed by atoms with Crippen LogP contribution in [-0.4, -0.2) is 54.9 Å². The zero-order chi connectivity index (χ0) is 17.8. The van der Waals surface area contributed by atoms with Gasteiger partial charge >= 0.3 is 0 Å². The van der Waals surface area contributed by atoms with Crippen LogP contribution in [-0.2, 0) is 4.79 Å². The highest BCUT2D eigenvalue weighted by Crippen LogP contribution is 2.28. The van der Waals surface area contributed by atoms with Gasteiger partial charge in [-0.25, -0.2) is 0 Å². The fourth-order valence-electron chi connectivity index (χ4n) is 3.08. The molecular formula is C20H22N2O3. The zero-order valence-corrected chi connectivity index (χ0v) is 14.6. The summed E-state index contributed by atoms with van der Waals surface area (Å²) in [5, 5.41) is 0. The summed E-state index contributed by atoms with van der Waals surface area (Å²) < 4.78 is 5.40. The fourth-order valence-corrected chi connectivity index (χ4v) is 3.08. The molecule has 2 aromatic carbocycles. The Balaban J connectivity index is 1.85. The van der Waals surface area contributed by atoms with E-state index in [1.165, 1.54) is 0 Å². The van der Waals surface area contributed by atoms with E-state index in [4.69, 9.17) is 4.74 Å². The number of amides is 2. The van der Waals surface area contributed by atoms with Crippen LogP contribution in [0.1, 0.15) is 17.3 Å². The lowest BCUT2D eigenvalue weighted by Crippen LogP contribution is -2.50. The van der Waals surface area contributed by atoms with E-state index < -0.39 is 0 Å². The maximum Gasteiger partial charge on any atom is 0.257 e. The van der Waals surface area contributed by atoms with Crippen molar-refractivity contribution in [2.75, 3.05) is 33.3 Å². The molecule has 0 aliphatic carbocycles. The van der Waals surface area contributed by atoms with E-state index in [9.17, 15) is 9.59 Å². The number of hydrogen-bond acceptors (Lipinski definition) is 3. The van der Waals surface area contributed by atoms with Crippen molar-refractivity contribution in [3.05, 3.63) is 54.1 Å². The van der Waals surface area contributed by atoms with E-state index >= 15 is 0 Å². The molecule has 0 aromatic heterocycles. The number of hydrogen-bond donors (Lipinski definition) is 0. The van der Waals surface area contributed by atoms with Crippen LogP contribution in [0.25, 0.3) is 11.1 Å². The Labute approximate surface area is 147 Å². The third-order valence-corrected chi connectivity index (χ3v) is 4.55. The van der Waals surface area contributed by atoms with Gasteiger partial charge in [-0.05, 0) is 23.3 Å². The van der Waals surface area contributed by atoms with Crippen LogP contribution < -0.4 is 4.74 Å². The highest BCUT2D eigenvalue weighted by atomic mass is 16.5. The maximum atomic E-state index is 13.0. The van der Waals surface area contributed by atoms with Gasteiger partial charge in [-0.15, -0.1) is 0 Å². The Morgan fingerprint density at radius 2 is 1.52 bits per heavy atom. The Hall–Kier alpha value is -2.82. The van der Waals surface area contributed by atoms with E-state index in [-0.39, 0.29) is 11.8 Å². The quantitative estimate of drug-likeness (QED) is 0.864. The Morgan fingerprint density at radius 1 is 0.880 bits per heavy atom. The van der Waals surface area contributed by atoms with Crippen molar-refractivity contribution in [2.45, 2.75) is 6.92 Å². The number of ether oxygens (including phenoxy) is 1. The first-order chi connectivity index (χ1) is 12.1. The summed E-state index contributed by atoms with van der Waals surface area (Å²) in [5.41, 5.74) is 2.59. The van der Waals surface area contributed by atoms with Crippen molar-refractivity contribution in [1.82, 2.24) is 9.80 Å². The molecule has 0 unspecified atom stereocenters. The first-order valence-electron chi connectivity index (χ1n) is 8.38.